The van der Waals surface area contributed by atoms with Gasteiger partial charge in [0.2, 0.25) is 0 Å². The van der Waals surface area contributed by atoms with E-state index in [0.29, 0.717) is 10.1 Å². The smallest absolute Gasteiger partial charge is 0.264 e. The minimum Gasteiger partial charge on any atom is -0.300 e. The summed E-state index contributed by atoms with van der Waals surface area (Å²) < 4.78 is 0. The van der Waals surface area contributed by atoms with Crippen molar-refractivity contribution in [1.29, 1.82) is 0 Å². The minimum atomic E-state index is -0.0952. The summed E-state index contributed by atoms with van der Waals surface area (Å²) in [6, 6.07) is 14.3. The first-order valence-corrected chi connectivity index (χ1v) is 8.82. The fourth-order valence-corrected chi connectivity index (χ4v) is 3.24. The number of carbonyl (C=O) groups is 1. The number of nitrogens with one attached hydrogen (secondary N) is 1. The Balaban J connectivity index is 1.80. The maximum atomic E-state index is 12.1. The van der Waals surface area contributed by atoms with Crippen LogP contribution in [0, 0.1) is 13.8 Å². The number of thioether (sulfide) groups is 1. The zero-order chi connectivity index (χ0) is 17.1. The minimum absolute atomic E-state index is 0.0952. The molecule has 1 N–H and O–H groups in total. The van der Waals surface area contributed by atoms with Crippen LogP contribution in [0.4, 0.5) is 5.69 Å². The second-order valence-corrected chi connectivity index (χ2v) is 6.88. The molecule has 4 heteroatoms. The van der Waals surface area contributed by atoms with Crippen LogP contribution in [0.1, 0.15) is 29.2 Å². The van der Waals surface area contributed by atoms with E-state index in [2.05, 4.69) is 43.2 Å². The third kappa shape index (κ3) is 3.77. The van der Waals surface area contributed by atoms with Gasteiger partial charge in [0.15, 0.2) is 5.17 Å². The van der Waals surface area contributed by atoms with Crippen molar-refractivity contribution >= 4 is 34.6 Å². The number of rotatable bonds is 3. The summed E-state index contributed by atoms with van der Waals surface area (Å²) >= 11 is 1.38. The zero-order valence-electron chi connectivity index (χ0n) is 14.1. The molecule has 3 rings (SSSR count). The molecule has 1 amide bonds. The maximum Gasteiger partial charge on any atom is 0.264 e. The molecule has 0 aromatic heterocycles. The van der Waals surface area contributed by atoms with Crippen LogP contribution in [-0.2, 0) is 11.2 Å². The Morgan fingerprint density at radius 1 is 1.08 bits per heavy atom. The molecule has 3 nitrogen and oxygen atoms in total. The van der Waals surface area contributed by atoms with Gasteiger partial charge in [-0.3, -0.25) is 4.79 Å². The Morgan fingerprint density at radius 2 is 1.83 bits per heavy atom. The second kappa shape index (κ2) is 7.05. The van der Waals surface area contributed by atoms with E-state index in [1.807, 2.05) is 36.4 Å². The van der Waals surface area contributed by atoms with Crippen molar-refractivity contribution in [3.8, 4) is 0 Å². The van der Waals surface area contributed by atoms with E-state index < -0.39 is 0 Å². The predicted octanol–water partition coefficient (Wildman–Crippen LogP) is 4.76. The van der Waals surface area contributed by atoms with Gasteiger partial charge < -0.3 is 5.32 Å². The highest BCUT2D eigenvalue weighted by molar-refractivity contribution is 8.18. The SMILES string of the molecule is CCc1ccc(C=C2SC(=Nc3ccc(C)c(C)c3)NC2=O)cc1. The topological polar surface area (TPSA) is 41.5 Å². The number of amidine groups is 1. The van der Waals surface area contributed by atoms with Crippen LogP contribution >= 0.6 is 11.8 Å². The number of amides is 1. The van der Waals surface area contributed by atoms with E-state index in [-0.39, 0.29) is 5.91 Å². The molecule has 1 saturated heterocycles. The number of nitrogens with zero attached hydrogens (tertiary/aromatic N) is 1. The summed E-state index contributed by atoms with van der Waals surface area (Å²) in [4.78, 5) is 17.3. The van der Waals surface area contributed by atoms with Crippen molar-refractivity contribution in [3.05, 3.63) is 69.6 Å². The predicted molar refractivity (Wildman–Crippen MR) is 103 cm³/mol. The van der Waals surface area contributed by atoms with Crippen LogP contribution < -0.4 is 5.32 Å². The van der Waals surface area contributed by atoms with Crippen LogP contribution in [0.5, 0.6) is 0 Å². The first-order chi connectivity index (χ1) is 11.5. The van der Waals surface area contributed by atoms with Gasteiger partial charge in [-0.2, -0.15) is 0 Å². The van der Waals surface area contributed by atoms with Gasteiger partial charge in [-0.25, -0.2) is 4.99 Å². The van der Waals surface area contributed by atoms with Gasteiger partial charge in [0.1, 0.15) is 0 Å². The normalized spacial score (nSPS) is 17.5. The van der Waals surface area contributed by atoms with Crippen LogP contribution in [0.3, 0.4) is 0 Å². The molecule has 0 saturated carbocycles. The van der Waals surface area contributed by atoms with Crippen LogP contribution in [0.15, 0.2) is 52.4 Å². The van der Waals surface area contributed by atoms with E-state index in [0.717, 1.165) is 17.7 Å². The van der Waals surface area contributed by atoms with Crippen LogP contribution in [0.25, 0.3) is 6.08 Å². The molecule has 0 bridgehead atoms. The Bertz CT molecular complexity index is 835. The largest absolute Gasteiger partial charge is 0.300 e. The Labute approximate surface area is 146 Å². The van der Waals surface area contributed by atoms with Crippen LogP contribution in [-0.4, -0.2) is 11.1 Å². The van der Waals surface area contributed by atoms with Gasteiger partial charge in [-0.15, -0.1) is 0 Å². The van der Waals surface area contributed by atoms with Gasteiger partial charge in [0.25, 0.3) is 5.91 Å². The lowest BCUT2D eigenvalue weighted by atomic mass is 10.1. The van der Waals surface area contributed by atoms with Crippen molar-refractivity contribution in [1.82, 2.24) is 5.32 Å². The summed E-state index contributed by atoms with van der Waals surface area (Å²) in [6.07, 6.45) is 2.92. The molecular weight excluding hydrogens is 316 g/mol. The van der Waals surface area contributed by atoms with E-state index >= 15 is 0 Å². The molecular formula is C20H20N2OS. The molecule has 0 atom stereocenters. The number of hydrogen-bond donors (Lipinski definition) is 1. The Morgan fingerprint density at radius 3 is 2.50 bits per heavy atom. The molecule has 0 aliphatic carbocycles. The summed E-state index contributed by atoms with van der Waals surface area (Å²) in [6.45, 7) is 6.26. The molecule has 122 valence electrons. The number of aliphatic imine (C=N–C) groups is 1. The van der Waals surface area contributed by atoms with Gasteiger partial charge >= 0.3 is 0 Å². The first kappa shape index (κ1) is 16.5. The molecule has 2 aromatic rings. The fourth-order valence-electron chi connectivity index (χ4n) is 2.39. The average Bonchev–Trinajstić information content (AvgIpc) is 2.91. The summed E-state index contributed by atoms with van der Waals surface area (Å²) in [5.74, 6) is -0.0952. The quantitative estimate of drug-likeness (QED) is 0.821. The van der Waals surface area contributed by atoms with Crippen molar-refractivity contribution in [2.45, 2.75) is 27.2 Å². The van der Waals surface area contributed by atoms with Crippen LogP contribution in [0.2, 0.25) is 0 Å². The van der Waals surface area contributed by atoms with E-state index in [9.17, 15) is 4.79 Å². The summed E-state index contributed by atoms with van der Waals surface area (Å²) in [5, 5.41) is 3.46. The van der Waals surface area contributed by atoms with Gasteiger partial charge in [-0.1, -0.05) is 37.3 Å². The highest BCUT2D eigenvalue weighted by Gasteiger charge is 2.23. The molecule has 1 aliphatic rings. The molecule has 0 unspecified atom stereocenters. The van der Waals surface area contributed by atoms with Crippen molar-refractivity contribution in [3.63, 3.8) is 0 Å². The van der Waals surface area contributed by atoms with Gasteiger partial charge in [-0.05, 0) is 72.5 Å². The standard InChI is InChI=1S/C20H20N2OS/c1-4-15-6-8-16(9-7-15)12-18-19(23)22-20(24-18)21-17-10-5-13(2)14(3)11-17/h5-12H,4H2,1-3H3,(H,21,22,23). The molecule has 1 heterocycles. The number of aryl methyl sites for hydroxylation is 3. The highest BCUT2D eigenvalue weighted by Crippen LogP contribution is 2.28. The third-order valence-corrected chi connectivity index (χ3v) is 4.97. The zero-order valence-corrected chi connectivity index (χ0v) is 14.9. The van der Waals surface area contributed by atoms with E-state index in [4.69, 9.17) is 0 Å². The number of hydrogen-bond acceptors (Lipinski definition) is 3. The highest BCUT2D eigenvalue weighted by atomic mass is 32.2. The number of benzene rings is 2. The third-order valence-electron chi connectivity index (χ3n) is 4.06. The van der Waals surface area contributed by atoms with Crippen molar-refractivity contribution < 1.29 is 4.79 Å². The molecule has 1 fully saturated rings. The molecule has 2 aromatic carbocycles. The maximum absolute atomic E-state index is 12.1. The van der Waals surface area contributed by atoms with Crippen molar-refractivity contribution in [2.24, 2.45) is 4.99 Å². The lowest BCUT2D eigenvalue weighted by molar-refractivity contribution is -0.115. The lowest BCUT2D eigenvalue weighted by Crippen LogP contribution is -2.19. The van der Waals surface area contributed by atoms with Gasteiger partial charge in [0.05, 0.1) is 10.6 Å². The van der Waals surface area contributed by atoms with Gasteiger partial charge in [0, 0.05) is 0 Å². The Hall–Kier alpha value is -2.33. The van der Waals surface area contributed by atoms with E-state index in [1.165, 1.54) is 28.5 Å². The molecule has 0 spiro atoms. The Kier molecular flexibility index (Phi) is 4.86. The fraction of sp³-hybridized carbons (Fsp3) is 0.200. The first-order valence-electron chi connectivity index (χ1n) is 8.01. The molecule has 1 aliphatic heterocycles. The van der Waals surface area contributed by atoms with E-state index in [1.54, 1.807) is 0 Å². The van der Waals surface area contributed by atoms with Crippen molar-refractivity contribution in [2.75, 3.05) is 0 Å². The number of carbonyl (C=O) groups excluding carboxylic acids is 1. The summed E-state index contributed by atoms with van der Waals surface area (Å²) in [7, 11) is 0. The average molecular weight is 336 g/mol. The molecule has 24 heavy (non-hydrogen) atoms. The second-order valence-electron chi connectivity index (χ2n) is 5.85. The summed E-state index contributed by atoms with van der Waals surface area (Å²) in [5.41, 5.74) is 5.60. The molecule has 0 radical (unpaired) electrons. The monoisotopic (exact) mass is 336 g/mol. The lowest BCUT2D eigenvalue weighted by Gasteiger charge is -2.01.